The van der Waals surface area contributed by atoms with Crippen molar-refractivity contribution in [2.75, 3.05) is 31.9 Å². The molecule has 1 aliphatic carbocycles. The Balaban J connectivity index is 1.84. The minimum absolute atomic E-state index is 0.302. The van der Waals surface area contributed by atoms with E-state index in [9.17, 15) is 8.42 Å². The lowest BCUT2D eigenvalue weighted by molar-refractivity contribution is 0.111. The van der Waals surface area contributed by atoms with Crippen LogP contribution in [0.1, 0.15) is 45.4 Å². The van der Waals surface area contributed by atoms with Crippen LogP contribution in [-0.4, -0.2) is 55.6 Å². The van der Waals surface area contributed by atoms with Crippen molar-refractivity contribution in [2.24, 2.45) is 0 Å². The fourth-order valence-corrected chi connectivity index (χ4v) is 4.67. The molecule has 0 aromatic carbocycles. The molecule has 0 atom stereocenters. The highest BCUT2D eigenvalue weighted by Crippen LogP contribution is 2.24. The van der Waals surface area contributed by atoms with Gasteiger partial charge in [-0.25, -0.2) is 8.42 Å². The van der Waals surface area contributed by atoms with Crippen molar-refractivity contribution in [3.63, 3.8) is 0 Å². The second kappa shape index (κ2) is 6.35. The summed E-state index contributed by atoms with van der Waals surface area (Å²) in [6, 6.07) is 0.717. The maximum atomic E-state index is 12.0. The molecular formula is C13H26N2O2S. The summed E-state index contributed by atoms with van der Waals surface area (Å²) in [6.07, 6.45) is 7.40. The molecule has 1 saturated carbocycles. The first-order chi connectivity index (χ1) is 8.63. The molecule has 1 saturated heterocycles. The Morgan fingerprint density at radius 2 is 1.61 bits per heavy atom. The summed E-state index contributed by atoms with van der Waals surface area (Å²) < 4.78 is 25.6. The van der Waals surface area contributed by atoms with Crippen molar-refractivity contribution >= 4 is 10.0 Å². The summed E-state index contributed by atoms with van der Waals surface area (Å²) in [6.45, 7) is 5.16. The molecule has 0 amide bonds. The van der Waals surface area contributed by atoms with Crippen LogP contribution < -0.4 is 0 Å². The van der Waals surface area contributed by atoms with E-state index in [0.717, 1.165) is 19.1 Å². The average Bonchev–Trinajstić information content (AvgIpc) is 2.40. The number of hydrogen-bond acceptors (Lipinski definition) is 3. The van der Waals surface area contributed by atoms with Crippen molar-refractivity contribution in [1.29, 1.82) is 0 Å². The first-order valence-corrected chi connectivity index (χ1v) is 8.96. The smallest absolute Gasteiger partial charge is 0.214 e. The van der Waals surface area contributed by atoms with Crippen LogP contribution >= 0.6 is 0 Å². The summed E-state index contributed by atoms with van der Waals surface area (Å²) in [4.78, 5) is 2.51. The second-order valence-electron chi connectivity index (χ2n) is 5.54. The third-order valence-corrected chi connectivity index (χ3v) is 6.30. The zero-order chi connectivity index (χ0) is 13.0. The largest absolute Gasteiger partial charge is 0.298 e. The number of rotatable bonds is 4. The predicted octanol–water partition coefficient (Wildman–Crippen LogP) is 1.68. The van der Waals surface area contributed by atoms with Crippen molar-refractivity contribution < 1.29 is 8.42 Å². The molecule has 18 heavy (non-hydrogen) atoms. The molecule has 106 valence electrons. The van der Waals surface area contributed by atoms with Gasteiger partial charge in [-0.15, -0.1) is 0 Å². The monoisotopic (exact) mass is 274 g/mol. The normalized spacial score (nSPS) is 25.4. The van der Waals surface area contributed by atoms with Gasteiger partial charge in [0.1, 0.15) is 0 Å². The maximum absolute atomic E-state index is 12.0. The quantitative estimate of drug-likeness (QED) is 0.783. The average molecular weight is 274 g/mol. The summed E-state index contributed by atoms with van der Waals surface area (Å²) in [5, 5.41) is 0. The summed E-state index contributed by atoms with van der Waals surface area (Å²) in [5.41, 5.74) is 0. The molecule has 0 unspecified atom stereocenters. The molecule has 0 radical (unpaired) electrons. The third-order valence-electron chi connectivity index (χ3n) is 4.22. The first kappa shape index (κ1) is 14.3. The van der Waals surface area contributed by atoms with E-state index < -0.39 is 10.0 Å². The lowest BCUT2D eigenvalue weighted by Crippen LogP contribution is -2.52. The standard InChI is InChI=1S/C13H26N2O2S/c1-2-12-18(16,17)15-10-8-14(9-11-15)13-6-4-3-5-7-13/h13H,2-12H2,1H3. The zero-order valence-corrected chi connectivity index (χ0v) is 12.3. The molecule has 1 heterocycles. The van der Waals surface area contributed by atoms with Crippen molar-refractivity contribution in [2.45, 2.75) is 51.5 Å². The van der Waals surface area contributed by atoms with Crippen molar-refractivity contribution in [1.82, 2.24) is 9.21 Å². The molecule has 0 aromatic heterocycles. The van der Waals surface area contributed by atoms with E-state index in [1.165, 1.54) is 32.1 Å². The van der Waals surface area contributed by atoms with Crippen LogP contribution in [0.25, 0.3) is 0 Å². The molecular weight excluding hydrogens is 248 g/mol. The van der Waals surface area contributed by atoms with Gasteiger partial charge in [0.15, 0.2) is 0 Å². The molecule has 2 rings (SSSR count). The van der Waals surface area contributed by atoms with Crippen LogP contribution in [0.4, 0.5) is 0 Å². The topological polar surface area (TPSA) is 40.6 Å². The van der Waals surface area contributed by atoms with Gasteiger partial charge in [0.25, 0.3) is 0 Å². The number of hydrogen-bond donors (Lipinski definition) is 0. The van der Waals surface area contributed by atoms with E-state index >= 15 is 0 Å². The molecule has 0 spiro atoms. The van der Waals surface area contributed by atoms with Gasteiger partial charge in [0.05, 0.1) is 5.75 Å². The molecule has 2 fully saturated rings. The zero-order valence-electron chi connectivity index (χ0n) is 11.5. The van der Waals surface area contributed by atoms with Crippen LogP contribution in [0.3, 0.4) is 0 Å². The first-order valence-electron chi connectivity index (χ1n) is 7.35. The van der Waals surface area contributed by atoms with Gasteiger partial charge >= 0.3 is 0 Å². The van der Waals surface area contributed by atoms with Gasteiger partial charge in [-0.2, -0.15) is 4.31 Å². The molecule has 5 heteroatoms. The van der Waals surface area contributed by atoms with Gasteiger partial charge in [0, 0.05) is 32.2 Å². The van der Waals surface area contributed by atoms with Gasteiger partial charge in [0.2, 0.25) is 10.0 Å². The summed E-state index contributed by atoms with van der Waals surface area (Å²) >= 11 is 0. The Morgan fingerprint density at radius 1 is 1.00 bits per heavy atom. The van der Waals surface area contributed by atoms with Gasteiger partial charge in [-0.3, -0.25) is 4.90 Å². The van der Waals surface area contributed by atoms with E-state index in [1.54, 1.807) is 4.31 Å². The number of piperazine rings is 1. The predicted molar refractivity (Wildman–Crippen MR) is 74.1 cm³/mol. The Labute approximate surface area is 111 Å². The van der Waals surface area contributed by atoms with Crippen molar-refractivity contribution in [3.05, 3.63) is 0 Å². The Bertz CT molecular complexity index is 342. The number of sulfonamides is 1. The van der Waals surface area contributed by atoms with Gasteiger partial charge < -0.3 is 0 Å². The third kappa shape index (κ3) is 3.45. The highest BCUT2D eigenvalue weighted by atomic mass is 32.2. The minimum Gasteiger partial charge on any atom is -0.298 e. The van der Waals surface area contributed by atoms with Crippen LogP contribution in [0.15, 0.2) is 0 Å². The molecule has 4 nitrogen and oxygen atoms in total. The molecule has 0 N–H and O–H groups in total. The fourth-order valence-electron chi connectivity index (χ4n) is 3.18. The molecule has 0 bridgehead atoms. The summed E-state index contributed by atoms with van der Waals surface area (Å²) in [7, 11) is -2.98. The summed E-state index contributed by atoms with van der Waals surface area (Å²) in [5.74, 6) is 0.302. The molecule has 2 aliphatic rings. The lowest BCUT2D eigenvalue weighted by atomic mass is 9.94. The SMILES string of the molecule is CCCS(=O)(=O)N1CCN(C2CCCCC2)CC1. The van der Waals surface area contributed by atoms with Crippen LogP contribution in [0.2, 0.25) is 0 Å². The van der Waals surface area contributed by atoms with E-state index in [-0.39, 0.29) is 0 Å². The van der Waals surface area contributed by atoms with Gasteiger partial charge in [-0.1, -0.05) is 26.2 Å². The Kier molecular flexibility index (Phi) is 5.04. The van der Waals surface area contributed by atoms with Crippen molar-refractivity contribution in [3.8, 4) is 0 Å². The van der Waals surface area contributed by atoms with E-state index in [1.807, 2.05) is 6.92 Å². The highest BCUT2D eigenvalue weighted by molar-refractivity contribution is 7.89. The molecule has 0 aromatic rings. The molecule has 1 aliphatic heterocycles. The van der Waals surface area contributed by atoms with Crippen LogP contribution in [0, 0.1) is 0 Å². The lowest BCUT2D eigenvalue weighted by Gasteiger charge is -2.40. The second-order valence-corrected chi connectivity index (χ2v) is 7.63. The minimum atomic E-state index is -2.98. The van der Waals surface area contributed by atoms with Gasteiger partial charge in [-0.05, 0) is 19.3 Å². The van der Waals surface area contributed by atoms with E-state index in [0.29, 0.717) is 25.3 Å². The fraction of sp³-hybridized carbons (Fsp3) is 1.00. The van der Waals surface area contributed by atoms with E-state index in [2.05, 4.69) is 4.90 Å². The Hall–Kier alpha value is -0.130. The van der Waals surface area contributed by atoms with Crippen LogP contribution in [-0.2, 0) is 10.0 Å². The Morgan fingerprint density at radius 3 is 2.17 bits per heavy atom. The highest BCUT2D eigenvalue weighted by Gasteiger charge is 2.29. The maximum Gasteiger partial charge on any atom is 0.214 e. The van der Waals surface area contributed by atoms with Crippen LogP contribution in [0.5, 0.6) is 0 Å². The number of nitrogens with zero attached hydrogens (tertiary/aromatic N) is 2. The van der Waals surface area contributed by atoms with E-state index in [4.69, 9.17) is 0 Å².